The number of nitrogens with one attached hydrogen (secondary N) is 3. The molecule has 6 heterocycles. The molecule has 144 valence electrons. The molecule has 3 N–H and O–H groups in total. The number of hydrogen-bond donors (Lipinski definition) is 3. The van der Waals surface area contributed by atoms with Crippen LogP contribution in [0.3, 0.4) is 0 Å². The van der Waals surface area contributed by atoms with E-state index < -0.39 is 0 Å². The van der Waals surface area contributed by atoms with E-state index in [1.165, 1.54) is 19.3 Å². The molecular formula is C20H19N9. The van der Waals surface area contributed by atoms with Gasteiger partial charge in [-0.15, -0.1) is 0 Å². The second kappa shape index (κ2) is 6.40. The zero-order valence-corrected chi connectivity index (χ0v) is 15.7. The average Bonchev–Trinajstić information content (AvgIpc) is 3.52. The largest absolute Gasteiger partial charge is 0.368 e. The van der Waals surface area contributed by atoms with Crippen molar-refractivity contribution in [2.45, 2.75) is 19.3 Å². The highest BCUT2D eigenvalue weighted by atomic mass is 15.2. The normalized spacial score (nSPS) is 14.8. The van der Waals surface area contributed by atoms with Crippen LogP contribution in [0, 0.1) is 0 Å². The molecule has 9 nitrogen and oxygen atoms in total. The molecule has 0 unspecified atom stereocenters. The molecule has 1 aliphatic rings. The van der Waals surface area contributed by atoms with Crippen LogP contribution in [-0.4, -0.2) is 53.4 Å². The number of aromatic nitrogens is 8. The van der Waals surface area contributed by atoms with E-state index in [0.717, 1.165) is 63.5 Å². The Labute approximate surface area is 165 Å². The molecule has 0 amide bonds. The molecule has 0 spiro atoms. The summed E-state index contributed by atoms with van der Waals surface area (Å²) < 4.78 is 0. The minimum Gasteiger partial charge on any atom is -0.368 e. The molecule has 0 aliphatic carbocycles. The maximum atomic E-state index is 4.91. The third-order valence-electron chi connectivity index (χ3n) is 5.54. The van der Waals surface area contributed by atoms with E-state index in [0.29, 0.717) is 0 Å². The number of pyridine rings is 2. The van der Waals surface area contributed by atoms with Gasteiger partial charge in [0.05, 0.1) is 47.2 Å². The molecule has 0 aromatic carbocycles. The van der Waals surface area contributed by atoms with Crippen LogP contribution in [0.2, 0.25) is 0 Å². The number of imidazole rings is 1. The Kier molecular flexibility index (Phi) is 3.58. The summed E-state index contributed by atoms with van der Waals surface area (Å²) in [4.78, 5) is 19.6. The highest BCUT2D eigenvalue weighted by Gasteiger charge is 2.19. The van der Waals surface area contributed by atoms with E-state index >= 15 is 0 Å². The van der Waals surface area contributed by atoms with Gasteiger partial charge in [-0.2, -0.15) is 10.2 Å². The summed E-state index contributed by atoms with van der Waals surface area (Å²) in [7, 11) is 0. The number of anilines is 1. The summed E-state index contributed by atoms with van der Waals surface area (Å²) in [6.45, 7) is 2.10. The van der Waals surface area contributed by atoms with Gasteiger partial charge in [-0.25, -0.2) is 4.98 Å². The molecule has 6 rings (SSSR count). The van der Waals surface area contributed by atoms with Crippen LogP contribution in [0.15, 0.2) is 37.1 Å². The molecule has 0 radical (unpaired) electrons. The zero-order valence-electron chi connectivity index (χ0n) is 15.7. The topological polar surface area (TPSA) is 115 Å². The maximum absolute atomic E-state index is 4.91. The molecule has 29 heavy (non-hydrogen) atoms. The highest BCUT2D eigenvalue weighted by Crippen LogP contribution is 2.32. The van der Waals surface area contributed by atoms with Gasteiger partial charge in [0.2, 0.25) is 0 Å². The minimum atomic E-state index is 0.724. The van der Waals surface area contributed by atoms with Crippen LogP contribution in [0.5, 0.6) is 0 Å². The second-order valence-corrected chi connectivity index (χ2v) is 7.36. The number of fused-ring (bicyclic) bond motifs is 2. The van der Waals surface area contributed by atoms with E-state index in [9.17, 15) is 0 Å². The van der Waals surface area contributed by atoms with Gasteiger partial charge < -0.3 is 9.88 Å². The Hall–Kier alpha value is -3.75. The number of piperidine rings is 1. The van der Waals surface area contributed by atoms with Gasteiger partial charge in [-0.1, -0.05) is 0 Å². The summed E-state index contributed by atoms with van der Waals surface area (Å²) in [5, 5.41) is 15.4. The fourth-order valence-electron chi connectivity index (χ4n) is 4.04. The van der Waals surface area contributed by atoms with Crippen molar-refractivity contribution in [3.05, 3.63) is 37.1 Å². The predicted octanol–water partition coefficient (Wildman–Crippen LogP) is 3.28. The Morgan fingerprint density at radius 1 is 0.966 bits per heavy atom. The van der Waals surface area contributed by atoms with Gasteiger partial charge in [0, 0.05) is 30.2 Å². The van der Waals surface area contributed by atoms with Crippen molar-refractivity contribution >= 4 is 27.6 Å². The average molecular weight is 385 g/mol. The molecule has 5 aromatic heterocycles. The zero-order chi connectivity index (χ0) is 19.2. The van der Waals surface area contributed by atoms with Crippen molar-refractivity contribution in [2.24, 2.45) is 0 Å². The van der Waals surface area contributed by atoms with Crippen molar-refractivity contribution in [2.75, 3.05) is 18.0 Å². The molecule has 5 aromatic rings. The maximum Gasteiger partial charge on any atom is 0.159 e. The number of aromatic amines is 3. The smallest absolute Gasteiger partial charge is 0.159 e. The summed E-state index contributed by atoms with van der Waals surface area (Å²) >= 11 is 0. The van der Waals surface area contributed by atoms with Crippen LogP contribution < -0.4 is 4.90 Å². The molecule has 1 aliphatic heterocycles. The van der Waals surface area contributed by atoms with E-state index in [1.807, 2.05) is 24.7 Å². The van der Waals surface area contributed by atoms with Crippen molar-refractivity contribution in [3.63, 3.8) is 0 Å². The first-order chi connectivity index (χ1) is 14.4. The van der Waals surface area contributed by atoms with Crippen LogP contribution in [0.25, 0.3) is 44.7 Å². The Balaban J connectivity index is 1.48. The van der Waals surface area contributed by atoms with Gasteiger partial charge in [-0.3, -0.25) is 20.2 Å². The van der Waals surface area contributed by atoms with Gasteiger partial charge in [0.15, 0.2) is 5.82 Å². The van der Waals surface area contributed by atoms with Gasteiger partial charge in [0.25, 0.3) is 0 Å². The van der Waals surface area contributed by atoms with Crippen molar-refractivity contribution in [1.82, 2.24) is 40.3 Å². The summed E-state index contributed by atoms with van der Waals surface area (Å²) in [6, 6.07) is 2.01. The lowest BCUT2D eigenvalue weighted by Gasteiger charge is -2.28. The number of nitrogens with zero attached hydrogens (tertiary/aromatic N) is 6. The second-order valence-electron chi connectivity index (χ2n) is 7.36. The van der Waals surface area contributed by atoms with E-state index in [1.54, 1.807) is 12.4 Å². The fourth-order valence-corrected chi connectivity index (χ4v) is 4.04. The van der Waals surface area contributed by atoms with Crippen LogP contribution >= 0.6 is 0 Å². The highest BCUT2D eigenvalue weighted by molar-refractivity contribution is 5.96. The summed E-state index contributed by atoms with van der Waals surface area (Å²) in [6.07, 6.45) is 12.8. The Bertz CT molecular complexity index is 1290. The van der Waals surface area contributed by atoms with E-state index in [-0.39, 0.29) is 0 Å². The lowest BCUT2D eigenvalue weighted by atomic mass is 10.1. The summed E-state index contributed by atoms with van der Waals surface area (Å²) in [5.74, 6) is 0.724. The SMILES string of the molecule is c1n[nH]cc1-c1cc2c(-c3nc4c(N5CCCCC5)cncc4[nH]3)n[nH]c2cn1. The van der Waals surface area contributed by atoms with Crippen LogP contribution in [-0.2, 0) is 0 Å². The predicted molar refractivity (Wildman–Crippen MR) is 110 cm³/mol. The standard InChI is InChI=1S/C20H19N9/c1-2-4-29(5-3-1)17-11-21-9-16-19(17)26-20(25-16)18-13-6-14(12-7-23-24-8-12)22-10-15(13)27-28-18/h6-11H,1-5H2,(H,23,24)(H,25,26)(H,27,28). The molecule has 0 atom stereocenters. The molecular weight excluding hydrogens is 366 g/mol. The first-order valence-electron chi connectivity index (χ1n) is 9.79. The Morgan fingerprint density at radius 3 is 2.76 bits per heavy atom. The summed E-state index contributed by atoms with van der Waals surface area (Å²) in [5.41, 5.74) is 6.35. The number of rotatable bonds is 3. The van der Waals surface area contributed by atoms with E-state index in [2.05, 4.69) is 40.2 Å². The van der Waals surface area contributed by atoms with Crippen molar-refractivity contribution in [1.29, 1.82) is 0 Å². The quantitative estimate of drug-likeness (QED) is 0.439. The molecule has 1 saturated heterocycles. The van der Waals surface area contributed by atoms with E-state index in [4.69, 9.17) is 4.98 Å². The molecule has 0 saturated carbocycles. The third-order valence-corrected chi connectivity index (χ3v) is 5.54. The Morgan fingerprint density at radius 2 is 1.90 bits per heavy atom. The lowest BCUT2D eigenvalue weighted by molar-refractivity contribution is 0.578. The fraction of sp³-hybridized carbons (Fsp3) is 0.250. The number of H-pyrrole nitrogens is 3. The van der Waals surface area contributed by atoms with Gasteiger partial charge in [0.1, 0.15) is 11.2 Å². The first-order valence-corrected chi connectivity index (χ1v) is 9.79. The monoisotopic (exact) mass is 385 g/mol. The molecule has 1 fully saturated rings. The van der Waals surface area contributed by atoms with Crippen molar-refractivity contribution < 1.29 is 0 Å². The van der Waals surface area contributed by atoms with Gasteiger partial charge >= 0.3 is 0 Å². The molecule has 9 heteroatoms. The minimum absolute atomic E-state index is 0.724. The van der Waals surface area contributed by atoms with Crippen LogP contribution in [0.1, 0.15) is 19.3 Å². The lowest BCUT2D eigenvalue weighted by Crippen LogP contribution is -2.29. The van der Waals surface area contributed by atoms with Crippen LogP contribution in [0.4, 0.5) is 5.69 Å². The molecule has 0 bridgehead atoms. The van der Waals surface area contributed by atoms with Crippen molar-refractivity contribution in [3.8, 4) is 22.8 Å². The number of hydrogen-bond acceptors (Lipinski definition) is 6. The van der Waals surface area contributed by atoms with Gasteiger partial charge in [-0.05, 0) is 25.3 Å². The first kappa shape index (κ1) is 16.2. The third kappa shape index (κ3) is 2.65.